The van der Waals surface area contributed by atoms with Crippen molar-refractivity contribution in [2.45, 2.75) is 37.9 Å². The van der Waals surface area contributed by atoms with Crippen LogP contribution in [0.25, 0.3) is 0 Å². The van der Waals surface area contributed by atoms with Gasteiger partial charge >= 0.3 is 12.1 Å². The highest BCUT2D eigenvalue weighted by Crippen LogP contribution is 2.38. The Labute approximate surface area is 281 Å². The Kier molecular flexibility index (Phi) is 13.3. The highest BCUT2D eigenvalue weighted by atomic mass is 32.2. The van der Waals surface area contributed by atoms with E-state index in [1.807, 2.05) is 49.4 Å². The fourth-order valence-corrected chi connectivity index (χ4v) is 5.72. The average Bonchev–Trinajstić information content (AvgIpc) is 3.33. The van der Waals surface area contributed by atoms with E-state index >= 15 is 0 Å². The molecule has 0 spiro atoms. The molecule has 2 amide bonds. The molecule has 8 nitrogen and oxygen atoms in total. The van der Waals surface area contributed by atoms with Gasteiger partial charge in [0.25, 0.3) is 5.91 Å². The fourth-order valence-electron chi connectivity index (χ4n) is 4.43. The Morgan fingerprint density at radius 3 is 2.32 bits per heavy atom. The van der Waals surface area contributed by atoms with Crippen molar-refractivity contribution in [3.8, 4) is 6.07 Å². The number of rotatable bonds is 10. The van der Waals surface area contributed by atoms with E-state index < -0.39 is 25.3 Å². The first kappa shape index (κ1) is 37.0. The molecule has 1 heterocycles. The van der Waals surface area contributed by atoms with E-state index in [1.165, 1.54) is 23.1 Å². The Balaban J connectivity index is 0.000000461. The number of allylic oxidation sites excluding steroid dienone is 1. The number of nitrogens with one attached hydrogen (secondary N) is 2. The Morgan fingerprint density at radius 2 is 1.77 bits per heavy atom. The molecule has 14 heteroatoms. The molecule has 4 rings (SSSR count). The number of nitriles is 1. The van der Waals surface area contributed by atoms with Crippen molar-refractivity contribution in [1.82, 2.24) is 4.90 Å². The molecule has 248 valence electrons. The minimum absolute atomic E-state index is 0.0691. The first-order chi connectivity index (χ1) is 22.3. The summed E-state index contributed by atoms with van der Waals surface area (Å²) < 4.78 is 51.8. The van der Waals surface area contributed by atoms with Crippen molar-refractivity contribution in [1.29, 1.82) is 10.7 Å². The molecule has 3 aromatic carbocycles. The van der Waals surface area contributed by atoms with Gasteiger partial charge in [-0.15, -0.1) is 12.6 Å². The van der Waals surface area contributed by atoms with E-state index in [9.17, 15) is 27.2 Å². The molecular formula is C33H34F4N6O2S2. The van der Waals surface area contributed by atoms with Gasteiger partial charge in [0.2, 0.25) is 0 Å². The summed E-state index contributed by atoms with van der Waals surface area (Å²) in [5.41, 5.74) is 3.56. The smallest absolute Gasteiger partial charge is 0.385 e. The maximum Gasteiger partial charge on any atom is 0.471 e. The second kappa shape index (κ2) is 16.9. The average molecular weight is 687 g/mol. The van der Waals surface area contributed by atoms with Crippen molar-refractivity contribution < 1.29 is 27.2 Å². The van der Waals surface area contributed by atoms with Crippen molar-refractivity contribution in [2.24, 2.45) is 0 Å². The van der Waals surface area contributed by atoms with Crippen molar-refractivity contribution in [3.63, 3.8) is 0 Å². The zero-order valence-electron chi connectivity index (χ0n) is 25.9. The lowest BCUT2D eigenvalue weighted by molar-refractivity contribution is -0.170. The molecule has 1 aliphatic rings. The van der Waals surface area contributed by atoms with Gasteiger partial charge in [-0.05, 0) is 80.1 Å². The van der Waals surface area contributed by atoms with Gasteiger partial charge in [0.05, 0.1) is 35.4 Å². The second-order valence-electron chi connectivity index (χ2n) is 10.1. The molecule has 0 saturated carbocycles. The number of carbonyl (C=O) groups excluding carboxylic acids is 2. The van der Waals surface area contributed by atoms with Gasteiger partial charge in [0.15, 0.2) is 5.17 Å². The normalized spacial score (nSPS) is 13.8. The van der Waals surface area contributed by atoms with E-state index in [2.05, 4.69) is 24.0 Å². The summed E-state index contributed by atoms with van der Waals surface area (Å²) in [6.45, 7) is 3.59. The molecule has 0 aromatic heterocycles. The van der Waals surface area contributed by atoms with Crippen LogP contribution in [0.15, 0.2) is 88.3 Å². The minimum Gasteiger partial charge on any atom is -0.385 e. The first-order valence-corrected chi connectivity index (χ1v) is 15.7. The van der Waals surface area contributed by atoms with E-state index in [1.54, 1.807) is 31.0 Å². The van der Waals surface area contributed by atoms with Gasteiger partial charge < -0.3 is 15.1 Å². The van der Waals surface area contributed by atoms with Gasteiger partial charge in [-0.25, -0.2) is 0 Å². The monoisotopic (exact) mass is 686 g/mol. The predicted molar refractivity (Wildman–Crippen MR) is 181 cm³/mol. The summed E-state index contributed by atoms with van der Waals surface area (Å²) in [6.07, 6.45) is -5.36. The molecule has 1 saturated heterocycles. The van der Waals surface area contributed by atoms with Gasteiger partial charge in [-0.1, -0.05) is 30.3 Å². The van der Waals surface area contributed by atoms with E-state index in [4.69, 9.17) is 10.7 Å². The molecule has 0 atom stereocenters. The Bertz CT molecular complexity index is 1640. The third-order valence-electron chi connectivity index (χ3n) is 6.93. The molecule has 0 unspecified atom stereocenters. The first-order valence-electron chi connectivity index (χ1n) is 14.4. The summed E-state index contributed by atoms with van der Waals surface area (Å²) in [5, 5.41) is 20.0. The number of carbonyl (C=O) groups is 2. The molecule has 47 heavy (non-hydrogen) atoms. The number of amidine groups is 1. The molecular weight excluding hydrogens is 653 g/mol. The van der Waals surface area contributed by atoms with Crippen molar-refractivity contribution in [2.75, 3.05) is 41.9 Å². The number of amides is 2. The molecule has 0 bridgehead atoms. The quantitative estimate of drug-likeness (QED) is 0.115. The molecule has 0 radical (unpaired) electrons. The lowest BCUT2D eigenvalue weighted by Crippen LogP contribution is -2.42. The highest BCUT2D eigenvalue weighted by Gasteiger charge is 2.43. The number of hydrogen-bond donors (Lipinski definition) is 3. The van der Waals surface area contributed by atoms with Crippen LogP contribution in [0.4, 0.5) is 34.6 Å². The maximum absolute atomic E-state index is 13.1. The zero-order valence-corrected chi connectivity index (χ0v) is 27.6. The summed E-state index contributed by atoms with van der Waals surface area (Å²) >= 11 is 5.41. The Morgan fingerprint density at radius 1 is 1.11 bits per heavy atom. The number of anilines is 3. The molecule has 0 aliphatic carbocycles. The second-order valence-corrected chi connectivity index (χ2v) is 11.6. The number of thioether (sulfide) groups is 1. The minimum atomic E-state index is -5.11. The number of benzene rings is 3. The number of hydrogen-bond acceptors (Lipinski definition) is 8. The maximum atomic E-state index is 13.1. The van der Waals surface area contributed by atoms with E-state index in [-0.39, 0.29) is 34.6 Å². The van der Waals surface area contributed by atoms with Crippen LogP contribution in [0.1, 0.15) is 31.4 Å². The summed E-state index contributed by atoms with van der Waals surface area (Å²) in [7, 11) is 1.66. The van der Waals surface area contributed by atoms with Crippen LogP contribution in [0.5, 0.6) is 0 Å². The zero-order chi connectivity index (χ0) is 34.7. The number of thiol groups is 1. The lowest BCUT2D eigenvalue weighted by Gasteiger charge is -2.27. The van der Waals surface area contributed by atoms with Crippen LogP contribution in [0, 0.1) is 16.7 Å². The molecule has 1 aliphatic heterocycles. The highest BCUT2D eigenvalue weighted by molar-refractivity contribution is 8.18. The van der Waals surface area contributed by atoms with Crippen LogP contribution in [-0.4, -0.2) is 54.9 Å². The molecule has 3 aromatic rings. The molecule has 2 N–H and O–H groups in total. The van der Waals surface area contributed by atoms with E-state index in [0.717, 1.165) is 29.6 Å². The van der Waals surface area contributed by atoms with Gasteiger partial charge in [0.1, 0.15) is 0 Å². The number of alkyl halides is 4. The third-order valence-corrected chi connectivity index (χ3v) is 8.37. The standard InChI is InChI=1S/C24H24F4N4O2S2.C9H10N2/c1-15(20-21(33)32(23(29)36-20)14-16-7-4-3-5-8-16)30(2)18-10-9-17(13-19(18)35)31(12-6-11-25)22(34)24(26,27)28;1-2-11-9-5-3-8(7-10)4-6-9/h3-5,7-10,13,29,35H,6,11-12,14H2,1-2H3;3-6,11H,2H2,1H3/b20-15+,29-23?;. The summed E-state index contributed by atoms with van der Waals surface area (Å²) in [5.74, 6) is -2.42. The predicted octanol–water partition coefficient (Wildman–Crippen LogP) is 7.60. The van der Waals surface area contributed by atoms with Crippen LogP contribution in [0.3, 0.4) is 0 Å². The lowest BCUT2D eigenvalue weighted by atomic mass is 10.2. The number of halogens is 4. The van der Waals surface area contributed by atoms with Crippen molar-refractivity contribution in [3.05, 3.63) is 94.5 Å². The number of nitrogens with zero attached hydrogens (tertiary/aromatic N) is 4. The molecule has 1 fully saturated rings. The van der Waals surface area contributed by atoms with Crippen LogP contribution in [0.2, 0.25) is 0 Å². The largest absolute Gasteiger partial charge is 0.471 e. The Hall–Kier alpha value is -4.48. The van der Waals surface area contributed by atoms with Gasteiger partial charge in [0, 0.05) is 42.1 Å². The summed E-state index contributed by atoms with van der Waals surface area (Å²) in [6, 6.07) is 22.9. The van der Waals surface area contributed by atoms with E-state index in [0.29, 0.717) is 26.8 Å². The van der Waals surface area contributed by atoms with Crippen LogP contribution in [-0.2, 0) is 16.1 Å². The van der Waals surface area contributed by atoms with Crippen LogP contribution < -0.4 is 15.1 Å². The summed E-state index contributed by atoms with van der Waals surface area (Å²) in [4.78, 5) is 29.0. The topological polar surface area (TPSA) is 104 Å². The van der Waals surface area contributed by atoms with Crippen LogP contribution >= 0.6 is 24.4 Å². The van der Waals surface area contributed by atoms with Gasteiger partial charge in [-0.2, -0.15) is 18.4 Å². The SMILES string of the molecule is C/C(=C1\SC(=N)N(Cc2ccccc2)C1=O)N(C)c1ccc(N(CCCF)C(=O)C(F)(F)F)cc1S.CCNc1ccc(C#N)cc1. The van der Waals surface area contributed by atoms with Crippen molar-refractivity contribution >= 4 is 58.4 Å². The fraction of sp³-hybridized carbons (Fsp3) is 0.273. The van der Waals surface area contributed by atoms with Gasteiger partial charge in [-0.3, -0.25) is 24.3 Å². The third kappa shape index (κ3) is 9.76.